The van der Waals surface area contributed by atoms with E-state index in [2.05, 4.69) is 0 Å². The Morgan fingerprint density at radius 3 is 2.54 bits per heavy atom. The molecule has 2 heterocycles. The van der Waals surface area contributed by atoms with E-state index < -0.39 is 17.5 Å². The van der Waals surface area contributed by atoms with Gasteiger partial charge >= 0.3 is 0 Å². The first-order chi connectivity index (χ1) is 6.02. The molecular weight excluding hydrogens is 179 g/mol. The Morgan fingerprint density at radius 1 is 1.31 bits per heavy atom. The molecule has 0 bridgehead atoms. The van der Waals surface area contributed by atoms with Crippen LogP contribution in [0.2, 0.25) is 0 Å². The van der Waals surface area contributed by atoms with Crippen molar-refractivity contribution in [3.05, 3.63) is 0 Å². The lowest BCUT2D eigenvalue weighted by molar-refractivity contribution is 0.0648. The smallest absolute Gasteiger partial charge is 0.255 e. The van der Waals surface area contributed by atoms with E-state index >= 15 is 0 Å². The van der Waals surface area contributed by atoms with Gasteiger partial charge in [-0.1, -0.05) is 0 Å². The van der Waals surface area contributed by atoms with Crippen LogP contribution in [0.25, 0.3) is 0 Å². The Labute approximate surface area is 74.9 Å². The molecule has 0 amide bonds. The topological polar surface area (TPSA) is 3.24 Å². The molecule has 13 heavy (non-hydrogen) atoms. The molecule has 3 fully saturated rings. The predicted octanol–water partition coefficient (Wildman–Crippen LogP) is 1.83. The van der Waals surface area contributed by atoms with E-state index in [1.807, 2.05) is 4.90 Å². The highest BCUT2D eigenvalue weighted by Crippen LogP contribution is 2.67. The van der Waals surface area contributed by atoms with Gasteiger partial charge in [-0.3, -0.25) is 4.90 Å². The third-order valence-corrected chi connectivity index (χ3v) is 3.82. The number of halogens is 3. The van der Waals surface area contributed by atoms with Crippen molar-refractivity contribution in [3.63, 3.8) is 0 Å². The monoisotopic (exact) mass is 191 g/mol. The maximum absolute atomic E-state index is 13.0. The molecule has 3 aliphatic rings. The lowest BCUT2D eigenvalue weighted by atomic mass is 10.00. The predicted molar refractivity (Wildman–Crippen MR) is 41.5 cm³/mol. The summed E-state index contributed by atoms with van der Waals surface area (Å²) in [5, 5.41) is 0. The molecule has 0 aromatic carbocycles. The summed E-state index contributed by atoms with van der Waals surface area (Å²) in [4.78, 5) is 1.91. The van der Waals surface area contributed by atoms with Crippen molar-refractivity contribution in [3.8, 4) is 0 Å². The summed E-state index contributed by atoms with van der Waals surface area (Å²) >= 11 is 0. The van der Waals surface area contributed by atoms with Gasteiger partial charge in [0.2, 0.25) is 0 Å². The van der Waals surface area contributed by atoms with Crippen molar-refractivity contribution in [1.82, 2.24) is 4.90 Å². The summed E-state index contributed by atoms with van der Waals surface area (Å²) in [7, 11) is 0. The molecule has 2 aliphatic heterocycles. The Hall–Kier alpha value is -0.250. The van der Waals surface area contributed by atoms with E-state index in [0.717, 1.165) is 0 Å². The van der Waals surface area contributed by atoms with Crippen molar-refractivity contribution >= 4 is 0 Å². The Morgan fingerprint density at radius 2 is 2.00 bits per heavy atom. The second-order valence-electron chi connectivity index (χ2n) is 4.78. The summed E-state index contributed by atoms with van der Waals surface area (Å²) < 4.78 is 38.8. The van der Waals surface area contributed by atoms with Crippen LogP contribution in [-0.4, -0.2) is 36.1 Å². The van der Waals surface area contributed by atoms with Gasteiger partial charge in [-0.25, -0.2) is 13.2 Å². The van der Waals surface area contributed by atoms with Crippen LogP contribution >= 0.6 is 0 Å². The molecule has 1 aliphatic carbocycles. The van der Waals surface area contributed by atoms with Gasteiger partial charge in [0.25, 0.3) is 5.92 Å². The molecule has 0 N–H and O–H groups in total. The van der Waals surface area contributed by atoms with Gasteiger partial charge in [-0.2, -0.15) is 0 Å². The van der Waals surface area contributed by atoms with Crippen molar-refractivity contribution in [1.29, 1.82) is 0 Å². The lowest BCUT2D eigenvalue weighted by Crippen LogP contribution is -2.25. The van der Waals surface area contributed by atoms with Crippen molar-refractivity contribution < 1.29 is 13.2 Å². The SMILES string of the molecule is FC1CC2CC3(CN2C1)CC3(F)F. The van der Waals surface area contributed by atoms with Crippen LogP contribution in [0.1, 0.15) is 19.3 Å². The molecule has 3 unspecified atom stereocenters. The number of fused-ring (bicyclic) bond motifs is 1. The highest BCUT2D eigenvalue weighted by Gasteiger charge is 2.74. The highest BCUT2D eigenvalue weighted by molar-refractivity contribution is 5.18. The molecule has 2 saturated heterocycles. The number of hydrogen-bond donors (Lipinski definition) is 0. The maximum Gasteiger partial charge on any atom is 0.255 e. The van der Waals surface area contributed by atoms with Gasteiger partial charge in [0.1, 0.15) is 6.17 Å². The zero-order valence-electron chi connectivity index (χ0n) is 7.27. The lowest BCUT2D eigenvalue weighted by Gasteiger charge is -2.12. The van der Waals surface area contributed by atoms with Crippen LogP contribution in [0.3, 0.4) is 0 Å². The standard InChI is InChI=1S/C9H12F3N/c10-6-1-7-2-8(4-9(8,11)12)5-13(7)3-6/h6-7H,1-5H2. The Bertz CT molecular complexity index is 239. The van der Waals surface area contributed by atoms with E-state index in [9.17, 15) is 13.2 Å². The molecule has 1 spiro atoms. The first kappa shape index (κ1) is 8.09. The minimum atomic E-state index is -2.46. The van der Waals surface area contributed by atoms with Gasteiger partial charge in [-0.05, 0) is 12.8 Å². The van der Waals surface area contributed by atoms with Crippen molar-refractivity contribution in [2.24, 2.45) is 5.41 Å². The second kappa shape index (κ2) is 2.05. The molecule has 1 saturated carbocycles. The summed E-state index contributed by atoms with van der Waals surface area (Å²) in [5.41, 5.74) is -0.752. The molecule has 0 aromatic rings. The average molecular weight is 191 g/mol. The molecule has 0 radical (unpaired) electrons. The molecule has 3 rings (SSSR count). The quantitative estimate of drug-likeness (QED) is 0.564. The van der Waals surface area contributed by atoms with Gasteiger partial charge in [0, 0.05) is 25.6 Å². The van der Waals surface area contributed by atoms with Crippen molar-refractivity contribution in [2.45, 2.75) is 37.4 Å². The number of nitrogens with zero attached hydrogens (tertiary/aromatic N) is 1. The normalized spacial score (nSPS) is 52.8. The van der Waals surface area contributed by atoms with E-state index in [0.29, 0.717) is 25.9 Å². The number of hydrogen-bond acceptors (Lipinski definition) is 1. The average Bonchev–Trinajstić information content (AvgIpc) is 2.32. The first-order valence-electron chi connectivity index (χ1n) is 4.78. The molecule has 1 nitrogen and oxygen atoms in total. The fourth-order valence-electron chi connectivity index (χ4n) is 3.01. The molecular formula is C9H12F3N. The summed E-state index contributed by atoms with van der Waals surface area (Å²) in [5.74, 6) is -2.46. The highest BCUT2D eigenvalue weighted by atomic mass is 19.3. The van der Waals surface area contributed by atoms with E-state index in [4.69, 9.17) is 0 Å². The third-order valence-electron chi connectivity index (χ3n) is 3.82. The number of alkyl halides is 3. The van der Waals surface area contributed by atoms with E-state index in [1.165, 1.54) is 0 Å². The molecule has 74 valence electrons. The van der Waals surface area contributed by atoms with Crippen LogP contribution < -0.4 is 0 Å². The summed E-state index contributed by atoms with van der Waals surface area (Å²) in [6.07, 6.45) is 0.233. The van der Waals surface area contributed by atoms with E-state index in [1.54, 1.807) is 0 Å². The van der Waals surface area contributed by atoms with Crippen LogP contribution in [0.15, 0.2) is 0 Å². The van der Waals surface area contributed by atoms with Crippen LogP contribution in [-0.2, 0) is 0 Å². The fraction of sp³-hybridized carbons (Fsp3) is 1.00. The Kier molecular flexibility index (Phi) is 1.27. The second-order valence-corrected chi connectivity index (χ2v) is 4.78. The van der Waals surface area contributed by atoms with Gasteiger partial charge < -0.3 is 0 Å². The van der Waals surface area contributed by atoms with Crippen molar-refractivity contribution in [2.75, 3.05) is 13.1 Å². The van der Waals surface area contributed by atoms with Crippen LogP contribution in [0, 0.1) is 5.41 Å². The summed E-state index contributed by atoms with van der Waals surface area (Å²) in [6, 6.07) is 0.100. The van der Waals surface area contributed by atoms with E-state index in [-0.39, 0.29) is 12.5 Å². The summed E-state index contributed by atoms with van der Waals surface area (Å²) in [6.45, 7) is 0.799. The molecule has 4 heteroatoms. The van der Waals surface area contributed by atoms with Gasteiger partial charge in [0.15, 0.2) is 0 Å². The number of rotatable bonds is 0. The minimum Gasteiger partial charge on any atom is -0.297 e. The largest absolute Gasteiger partial charge is 0.297 e. The third kappa shape index (κ3) is 0.925. The zero-order valence-corrected chi connectivity index (χ0v) is 7.27. The molecule has 0 aromatic heterocycles. The van der Waals surface area contributed by atoms with Gasteiger partial charge in [-0.15, -0.1) is 0 Å². The fourth-order valence-corrected chi connectivity index (χ4v) is 3.01. The molecule has 3 atom stereocenters. The van der Waals surface area contributed by atoms with Crippen LogP contribution in [0.5, 0.6) is 0 Å². The first-order valence-corrected chi connectivity index (χ1v) is 4.78. The Balaban J connectivity index is 1.76. The zero-order chi connectivity index (χ0) is 9.27. The maximum atomic E-state index is 13.0. The van der Waals surface area contributed by atoms with Gasteiger partial charge in [0.05, 0.1) is 5.41 Å². The van der Waals surface area contributed by atoms with Crippen LogP contribution in [0.4, 0.5) is 13.2 Å². The minimum absolute atomic E-state index is 0.0317.